The van der Waals surface area contributed by atoms with Crippen molar-refractivity contribution in [3.8, 4) is 5.75 Å². The smallest absolute Gasteiger partial charge is 0.323 e. The molecule has 1 aromatic carbocycles. The van der Waals surface area contributed by atoms with Crippen LogP contribution in [0.3, 0.4) is 0 Å². The van der Waals surface area contributed by atoms with Crippen molar-refractivity contribution in [2.24, 2.45) is 5.92 Å². The van der Waals surface area contributed by atoms with Gasteiger partial charge in [-0.15, -0.1) is 0 Å². The molecule has 5 amide bonds. The van der Waals surface area contributed by atoms with E-state index in [9.17, 15) is 19.5 Å². The van der Waals surface area contributed by atoms with E-state index in [-0.39, 0.29) is 48.5 Å². The summed E-state index contributed by atoms with van der Waals surface area (Å²) in [5.41, 5.74) is 2.46. The van der Waals surface area contributed by atoms with Crippen LogP contribution < -0.4 is 20.7 Å². The lowest BCUT2D eigenvalue weighted by Crippen LogP contribution is -2.50. The lowest BCUT2D eigenvalue weighted by molar-refractivity contribution is 0.0373. The van der Waals surface area contributed by atoms with E-state index in [0.717, 1.165) is 0 Å². The van der Waals surface area contributed by atoms with Crippen molar-refractivity contribution in [1.82, 2.24) is 20.1 Å². The summed E-state index contributed by atoms with van der Waals surface area (Å²) in [6, 6.07) is 3.40. The normalized spacial score (nSPS) is 17.4. The molecule has 0 bridgehead atoms. The number of nitrogens with one attached hydrogen (secondary N) is 3. The summed E-state index contributed by atoms with van der Waals surface area (Å²) in [6.07, 6.45) is -0.598. The van der Waals surface area contributed by atoms with Crippen LogP contribution in [-0.4, -0.2) is 82.1 Å². The number of likely N-dealkylation sites (N-methyl/N-ethyl adjacent to an activating group) is 1. The Morgan fingerprint density at radius 3 is 2.26 bits per heavy atom. The maximum atomic E-state index is 13.7. The predicted octanol–water partition coefficient (Wildman–Crippen LogP) is 3.92. The molecule has 14 heteroatoms. The molecule has 1 aliphatic rings. The Hall–Kier alpha value is -4.59. The van der Waals surface area contributed by atoms with Crippen LogP contribution in [0.5, 0.6) is 5.75 Å². The van der Waals surface area contributed by atoms with E-state index in [0.29, 0.717) is 34.3 Å². The van der Waals surface area contributed by atoms with Crippen LogP contribution in [0.2, 0.25) is 0 Å². The van der Waals surface area contributed by atoms with Crippen LogP contribution in [0.25, 0.3) is 0 Å². The number of carbonyl (C=O) groups is 3. The number of hydrogen-bond donors (Lipinski definition) is 4. The molecule has 1 aliphatic heterocycles. The van der Waals surface area contributed by atoms with Crippen molar-refractivity contribution in [3.05, 3.63) is 46.7 Å². The monoisotopic (exact) mass is 583 g/mol. The van der Waals surface area contributed by atoms with Crippen molar-refractivity contribution in [2.45, 2.75) is 53.7 Å². The summed E-state index contributed by atoms with van der Waals surface area (Å²) >= 11 is 0. The number of urea groups is 2. The van der Waals surface area contributed by atoms with Gasteiger partial charge >= 0.3 is 12.1 Å². The summed E-state index contributed by atoms with van der Waals surface area (Å²) in [5.74, 6) is 0.461. The topological polar surface area (TPSA) is 175 Å². The maximum Gasteiger partial charge on any atom is 0.323 e. The van der Waals surface area contributed by atoms with Crippen LogP contribution in [0, 0.1) is 33.6 Å². The summed E-state index contributed by atoms with van der Waals surface area (Å²) in [5, 5.41) is 25.9. The summed E-state index contributed by atoms with van der Waals surface area (Å²) < 4.78 is 16.7. The molecular formula is C28H37N7O7. The molecule has 14 nitrogen and oxygen atoms in total. The van der Waals surface area contributed by atoms with Gasteiger partial charge in [0.15, 0.2) is 17.3 Å². The molecular weight excluding hydrogens is 546 g/mol. The number of aliphatic hydroxyl groups is 1. The molecule has 0 fully saturated rings. The average Bonchev–Trinajstić information content (AvgIpc) is 3.44. The first-order valence-corrected chi connectivity index (χ1v) is 13.6. The van der Waals surface area contributed by atoms with Gasteiger partial charge in [0, 0.05) is 19.5 Å². The fraction of sp³-hybridized carbons (Fsp3) is 0.464. The van der Waals surface area contributed by atoms with Gasteiger partial charge in [0.2, 0.25) is 0 Å². The highest BCUT2D eigenvalue weighted by atomic mass is 16.5. The third-order valence-electron chi connectivity index (χ3n) is 7.28. The standard InChI is InChI=1S/C28H37N7O7/c1-14-11-35(15(2)13-36)26(37)20-9-8-10-21(29-27(38)30-23-16(3)32-41-18(23)5)25(20)40-22(14)12-34(7)28(39)31-24-17(4)33-42-19(24)6/h8-10,14-15,22,36H,11-13H2,1-7H3,(H,31,39)(H2,29,30,38)/t14-,15-,22+/m0/s1. The third-order valence-corrected chi connectivity index (χ3v) is 7.28. The van der Waals surface area contributed by atoms with Gasteiger partial charge in [0.1, 0.15) is 28.9 Å². The minimum absolute atomic E-state index is 0.144. The Morgan fingerprint density at radius 1 is 1.07 bits per heavy atom. The fourth-order valence-corrected chi connectivity index (χ4v) is 4.70. The molecule has 4 rings (SSSR count). The van der Waals surface area contributed by atoms with Crippen molar-refractivity contribution in [1.29, 1.82) is 0 Å². The van der Waals surface area contributed by atoms with Gasteiger partial charge in [0.05, 0.1) is 30.4 Å². The molecule has 3 heterocycles. The molecule has 0 spiro atoms. The van der Waals surface area contributed by atoms with E-state index in [1.807, 2.05) is 6.92 Å². The number of aromatic nitrogens is 2. The zero-order chi connectivity index (χ0) is 30.7. The largest absolute Gasteiger partial charge is 0.485 e. The number of rotatable bonds is 7. The van der Waals surface area contributed by atoms with E-state index >= 15 is 0 Å². The lowest BCUT2D eigenvalue weighted by atomic mass is 9.99. The number of hydrogen-bond acceptors (Lipinski definition) is 9. The van der Waals surface area contributed by atoms with E-state index in [4.69, 9.17) is 13.8 Å². The Balaban J connectivity index is 1.64. The number of fused-ring (bicyclic) bond motifs is 1. The number of ether oxygens (including phenoxy) is 1. The van der Waals surface area contributed by atoms with Crippen LogP contribution in [0.1, 0.15) is 47.1 Å². The van der Waals surface area contributed by atoms with E-state index < -0.39 is 24.2 Å². The highest BCUT2D eigenvalue weighted by Crippen LogP contribution is 2.35. The van der Waals surface area contributed by atoms with Crippen LogP contribution in [0.15, 0.2) is 27.2 Å². The second-order valence-electron chi connectivity index (χ2n) is 10.6. The molecule has 42 heavy (non-hydrogen) atoms. The molecule has 0 saturated carbocycles. The Morgan fingerprint density at radius 2 is 1.69 bits per heavy atom. The summed E-state index contributed by atoms with van der Waals surface area (Å²) in [6.45, 7) is 10.6. The van der Waals surface area contributed by atoms with E-state index in [1.54, 1.807) is 64.8 Å². The van der Waals surface area contributed by atoms with Gasteiger partial charge in [-0.3, -0.25) is 4.79 Å². The Bertz CT molecular complexity index is 1430. The van der Waals surface area contributed by atoms with Crippen molar-refractivity contribution in [2.75, 3.05) is 42.7 Å². The molecule has 3 atom stereocenters. The number of benzene rings is 1. The summed E-state index contributed by atoms with van der Waals surface area (Å²) in [7, 11) is 1.63. The minimum Gasteiger partial charge on any atom is -0.485 e. The van der Waals surface area contributed by atoms with Crippen LogP contribution in [-0.2, 0) is 0 Å². The van der Waals surface area contributed by atoms with E-state index in [1.165, 1.54) is 4.90 Å². The van der Waals surface area contributed by atoms with Crippen molar-refractivity contribution in [3.63, 3.8) is 0 Å². The van der Waals surface area contributed by atoms with Crippen molar-refractivity contribution < 1.29 is 33.3 Å². The van der Waals surface area contributed by atoms with E-state index in [2.05, 4.69) is 26.3 Å². The van der Waals surface area contributed by atoms with Crippen LogP contribution >= 0.6 is 0 Å². The molecule has 4 N–H and O–H groups in total. The number of amides is 5. The SMILES string of the molecule is Cc1noc(C)c1NC(=O)Nc1cccc2c1O[C@H](CN(C)C(=O)Nc1c(C)noc1C)[C@@H](C)CN([C@@H](C)CO)C2=O. The highest BCUT2D eigenvalue weighted by Gasteiger charge is 2.35. The second-order valence-corrected chi connectivity index (χ2v) is 10.6. The maximum absolute atomic E-state index is 13.7. The molecule has 0 radical (unpaired) electrons. The number of nitrogens with zero attached hydrogens (tertiary/aromatic N) is 4. The molecule has 0 unspecified atom stereocenters. The summed E-state index contributed by atoms with van der Waals surface area (Å²) in [4.78, 5) is 42.8. The number of anilines is 3. The number of carbonyl (C=O) groups excluding carboxylic acids is 3. The molecule has 0 aliphatic carbocycles. The Kier molecular flexibility index (Phi) is 9.05. The van der Waals surface area contributed by atoms with Gasteiger partial charge in [0.25, 0.3) is 5.91 Å². The molecule has 2 aromatic heterocycles. The molecule has 226 valence electrons. The van der Waals surface area contributed by atoms with Gasteiger partial charge in [-0.05, 0) is 46.8 Å². The second kappa shape index (κ2) is 12.5. The van der Waals surface area contributed by atoms with Gasteiger partial charge in [-0.2, -0.15) is 0 Å². The van der Waals surface area contributed by atoms with Crippen molar-refractivity contribution >= 4 is 35.0 Å². The first-order chi connectivity index (χ1) is 19.9. The average molecular weight is 584 g/mol. The highest BCUT2D eigenvalue weighted by molar-refractivity contribution is 6.04. The van der Waals surface area contributed by atoms with Gasteiger partial charge < -0.3 is 44.6 Å². The zero-order valence-electron chi connectivity index (χ0n) is 24.8. The number of aliphatic hydroxyl groups excluding tert-OH is 1. The van der Waals surface area contributed by atoms with Gasteiger partial charge in [-0.25, -0.2) is 9.59 Å². The first kappa shape index (κ1) is 30.4. The number of para-hydroxylation sites is 1. The Labute approximate surface area is 243 Å². The minimum atomic E-state index is -0.598. The quantitative estimate of drug-likeness (QED) is 0.321. The fourth-order valence-electron chi connectivity index (χ4n) is 4.70. The predicted molar refractivity (Wildman–Crippen MR) is 154 cm³/mol. The zero-order valence-corrected chi connectivity index (χ0v) is 24.8. The number of aryl methyl sites for hydroxylation is 4. The van der Waals surface area contributed by atoms with Crippen LogP contribution in [0.4, 0.5) is 26.7 Å². The first-order valence-electron chi connectivity index (χ1n) is 13.6. The third kappa shape index (κ3) is 6.33. The van der Waals surface area contributed by atoms with Gasteiger partial charge in [-0.1, -0.05) is 23.3 Å². The molecule has 0 saturated heterocycles. The lowest BCUT2D eigenvalue weighted by Gasteiger charge is -2.38. The molecule has 3 aromatic rings.